The molecule has 0 atom stereocenters. The third-order valence-corrected chi connectivity index (χ3v) is 4.30. The molecule has 1 amide bonds. The zero-order valence-corrected chi connectivity index (χ0v) is 13.7. The van der Waals surface area contributed by atoms with Crippen molar-refractivity contribution in [1.82, 2.24) is 4.90 Å². The minimum Gasteiger partial charge on any atom is -0.478 e. The maximum atomic E-state index is 12.0. The van der Waals surface area contributed by atoms with Gasteiger partial charge in [0.15, 0.2) is 0 Å². The molecule has 2 rings (SSSR count). The van der Waals surface area contributed by atoms with Crippen LogP contribution in [0.3, 0.4) is 0 Å². The summed E-state index contributed by atoms with van der Waals surface area (Å²) in [5.41, 5.74) is 1.27. The molecule has 5 nitrogen and oxygen atoms in total. The fourth-order valence-electron chi connectivity index (χ4n) is 3.00. The SMILES string of the molecule is CCCOCC(=O)N1CCC(Cc2ccccc2C(=O)O)CC1. The summed E-state index contributed by atoms with van der Waals surface area (Å²) in [5.74, 6) is -0.389. The van der Waals surface area contributed by atoms with Crippen molar-refractivity contribution in [2.24, 2.45) is 5.92 Å². The van der Waals surface area contributed by atoms with Crippen molar-refractivity contribution in [3.8, 4) is 0 Å². The number of aromatic carboxylic acids is 1. The summed E-state index contributed by atoms with van der Waals surface area (Å²) in [6.45, 7) is 4.27. The summed E-state index contributed by atoms with van der Waals surface area (Å²) >= 11 is 0. The van der Waals surface area contributed by atoms with Crippen molar-refractivity contribution in [1.29, 1.82) is 0 Å². The Morgan fingerprint density at radius 1 is 1.26 bits per heavy atom. The number of amides is 1. The Kier molecular flexibility index (Phi) is 6.59. The highest BCUT2D eigenvalue weighted by Crippen LogP contribution is 2.23. The standard InChI is InChI=1S/C18H25NO4/c1-2-11-23-13-17(20)19-9-7-14(8-10-19)12-15-5-3-4-6-16(15)18(21)22/h3-6,14H,2,7-13H2,1H3,(H,21,22). The number of ether oxygens (including phenoxy) is 1. The van der Waals surface area contributed by atoms with E-state index in [0.29, 0.717) is 18.1 Å². The molecule has 0 aliphatic carbocycles. The molecule has 1 aromatic carbocycles. The molecule has 1 aromatic rings. The largest absolute Gasteiger partial charge is 0.478 e. The Bertz CT molecular complexity index is 536. The van der Waals surface area contributed by atoms with Crippen molar-refractivity contribution in [3.05, 3.63) is 35.4 Å². The van der Waals surface area contributed by atoms with Crippen molar-refractivity contribution >= 4 is 11.9 Å². The zero-order chi connectivity index (χ0) is 16.7. The van der Waals surface area contributed by atoms with Gasteiger partial charge in [0.05, 0.1) is 5.56 Å². The van der Waals surface area contributed by atoms with Crippen LogP contribution in [0.2, 0.25) is 0 Å². The highest BCUT2D eigenvalue weighted by atomic mass is 16.5. The Hall–Kier alpha value is -1.88. The minimum atomic E-state index is -0.874. The molecule has 1 fully saturated rings. The quantitative estimate of drug-likeness (QED) is 0.785. The first-order valence-corrected chi connectivity index (χ1v) is 8.28. The van der Waals surface area contributed by atoms with Gasteiger partial charge in [0, 0.05) is 19.7 Å². The Labute approximate surface area is 137 Å². The van der Waals surface area contributed by atoms with Gasteiger partial charge in [0.1, 0.15) is 6.61 Å². The molecule has 23 heavy (non-hydrogen) atoms. The number of carboxylic acids is 1. The van der Waals surface area contributed by atoms with Crippen molar-refractivity contribution in [2.45, 2.75) is 32.6 Å². The highest BCUT2D eigenvalue weighted by molar-refractivity contribution is 5.89. The first-order valence-electron chi connectivity index (χ1n) is 8.28. The molecular formula is C18H25NO4. The van der Waals surface area contributed by atoms with Crippen LogP contribution in [0.1, 0.15) is 42.1 Å². The van der Waals surface area contributed by atoms with Crippen LogP contribution in [0.15, 0.2) is 24.3 Å². The number of carbonyl (C=O) groups is 2. The molecule has 126 valence electrons. The van der Waals surface area contributed by atoms with Gasteiger partial charge in [-0.15, -0.1) is 0 Å². The first-order chi connectivity index (χ1) is 11.1. The van der Waals surface area contributed by atoms with Crippen molar-refractivity contribution in [2.75, 3.05) is 26.3 Å². The molecule has 0 unspecified atom stereocenters. The van der Waals surface area contributed by atoms with Crippen LogP contribution in [0, 0.1) is 5.92 Å². The van der Waals surface area contributed by atoms with Gasteiger partial charge in [0.2, 0.25) is 5.91 Å². The van der Waals surface area contributed by atoms with Gasteiger partial charge in [-0.2, -0.15) is 0 Å². The maximum absolute atomic E-state index is 12.0. The third kappa shape index (κ3) is 5.06. The smallest absolute Gasteiger partial charge is 0.335 e. The summed E-state index contributed by atoms with van der Waals surface area (Å²) in [6.07, 6.45) is 3.50. The summed E-state index contributed by atoms with van der Waals surface area (Å²) in [5, 5.41) is 9.25. The van der Waals surface area contributed by atoms with Gasteiger partial charge in [-0.25, -0.2) is 4.79 Å². The molecule has 5 heteroatoms. The summed E-state index contributed by atoms with van der Waals surface area (Å²) < 4.78 is 5.31. The predicted molar refractivity (Wildman–Crippen MR) is 87.5 cm³/mol. The second-order valence-corrected chi connectivity index (χ2v) is 6.04. The average molecular weight is 319 g/mol. The second-order valence-electron chi connectivity index (χ2n) is 6.04. The van der Waals surface area contributed by atoms with Crippen LogP contribution in [-0.4, -0.2) is 48.2 Å². The van der Waals surface area contributed by atoms with Crippen LogP contribution in [0.4, 0.5) is 0 Å². The molecule has 1 aliphatic heterocycles. The van der Waals surface area contributed by atoms with Crippen LogP contribution >= 0.6 is 0 Å². The lowest BCUT2D eigenvalue weighted by molar-refractivity contribution is -0.137. The molecule has 1 heterocycles. The van der Waals surface area contributed by atoms with Crippen LogP contribution < -0.4 is 0 Å². The molecule has 0 radical (unpaired) electrons. The van der Waals surface area contributed by atoms with Gasteiger partial charge in [0.25, 0.3) is 0 Å². The Morgan fingerprint density at radius 2 is 1.96 bits per heavy atom. The topological polar surface area (TPSA) is 66.8 Å². The van der Waals surface area contributed by atoms with E-state index in [-0.39, 0.29) is 12.5 Å². The number of benzene rings is 1. The zero-order valence-electron chi connectivity index (χ0n) is 13.7. The molecule has 0 spiro atoms. The van der Waals surface area contributed by atoms with Crippen LogP contribution in [0.25, 0.3) is 0 Å². The number of carboxylic acid groups (broad SMARTS) is 1. The van der Waals surface area contributed by atoms with E-state index < -0.39 is 5.97 Å². The molecule has 1 saturated heterocycles. The lowest BCUT2D eigenvalue weighted by Crippen LogP contribution is -2.40. The normalized spacial score (nSPS) is 15.6. The second kappa shape index (κ2) is 8.67. The molecule has 1 N–H and O–H groups in total. The van der Waals surface area contributed by atoms with E-state index in [0.717, 1.165) is 44.3 Å². The number of rotatable bonds is 7. The summed E-state index contributed by atoms with van der Waals surface area (Å²) in [7, 11) is 0. The number of nitrogens with zero attached hydrogens (tertiary/aromatic N) is 1. The number of likely N-dealkylation sites (tertiary alicyclic amines) is 1. The van der Waals surface area contributed by atoms with Gasteiger partial charge in [-0.3, -0.25) is 4.79 Å². The predicted octanol–water partition coefficient (Wildman–Crippen LogP) is 2.59. The third-order valence-electron chi connectivity index (χ3n) is 4.30. The van der Waals surface area contributed by atoms with Gasteiger partial charge in [-0.05, 0) is 43.2 Å². The number of piperidine rings is 1. The summed E-state index contributed by atoms with van der Waals surface area (Å²) in [4.78, 5) is 25.1. The highest BCUT2D eigenvalue weighted by Gasteiger charge is 2.24. The van der Waals surface area contributed by atoms with E-state index in [1.165, 1.54) is 0 Å². The lowest BCUT2D eigenvalue weighted by Gasteiger charge is -2.32. The maximum Gasteiger partial charge on any atom is 0.335 e. The Morgan fingerprint density at radius 3 is 2.61 bits per heavy atom. The van der Waals surface area contributed by atoms with Crippen molar-refractivity contribution < 1.29 is 19.4 Å². The lowest BCUT2D eigenvalue weighted by atomic mass is 9.88. The van der Waals surface area contributed by atoms with E-state index in [9.17, 15) is 14.7 Å². The van der Waals surface area contributed by atoms with Gasteiger partial charge in [-0.1, -0.05) is 25.1 Å². The summed E-state index contributed by atoms with van der Waals surface area (Å²) in [6, 6.07) is 7.18. The molecular weight excluding hydrogens is 294 g/mol. The fourth-order valence-corrected chi connectivity index (χ4v) is 3.00. The molecule has 1 aliphatic rings. The van der Waals surface area contributed by atoms with E-state index in [2.05, 4.69) is 0 Å². The van der Waals surface area contributed by atoms with E-state index in [1.807, 2.05) is 24.0 Å². The molecule has 0 aromatic heterocycles. The molecule has 0 bridgehead atoms. The van der Waals surface area contributed by atoms with E-state index in [1.54, 1.807) is 12.1 Å². The number of hydrogen-bond acceptors (Lipinski definition) is 3. The number of hydrogen-bond donors (Lipinski definition) is 1. The Balaban J connectivity index is 1.83. The fraction of sp³-hybridized carbons (Fsp3) is 0.556. The van der Waals surface area contributed by atoms with Crippen LogP contribution in [-0.2, 0) is 16.0 Å². The number of carbonyl (C=O) groups excluding carboxylic acids is 1. The van der Waals surface area contributed by atoms with E-state index in [4.69, 9.17) is 4.74 Å². The average Bonchev–Trinajstić information content (AvgIpc) is 2.56. The van der Waals surface area contributed by atoms with Gasteiger partial charge < -0.3 is 14.7 Å². The van der Waals surface area contributed by atoms with Crippen LogP contribution in [0.5, 0.6) is 0 Å². The first kappa shape index (κ1) is 17.5. The monoisotopic (exact) mass is 319 g/mol. The molecule has 0 saturated carbocycles. The minimum absolute atomic E-state index is 0.0582. The van der Waals surface area contributed by atoms with Gasteiger partial charge >= 0.3 is 5.97 Å². The van der Waals surface area contributed by atoms with E-state index >= 15 is 0 Å². The van der Waals surface area contributed by atoms with Crippen molar-refractivity contribution in [3.63, 3.8) is 0 Å².